The van der Waals surface area contributed by atoms with Crippen LogP contribution in [0.5, 0.6) is 0 Å². The van der Waals surface area contributed by atoms with E-state index in [0.29, 0.717) is 67.9 Å². The number of aromatic nitrogens is 3. The minimum absolute atomic E-state index is 0.0423. The number of hydrogen-bond donors (Lipinski definition) is 5. The third-order valence-electron chi connectivity index (χ3n) is 21.9. The van der Waals surface area contributed by atoms with Gasteiger partial charge in [-0.2, -0.15) is 0 Å². The second-order valence-corrected chi connectivity index (χ2v) is 31.6. The smallest absolute Gasteiger partial charge is 0.335 e. The van der Waals surface area contributed by atoms with Crippen molar-refractivity contribution in [3.8, 4) is 0 Å². The number of aryl methyl sites for hydroxylation is 2. The summed E-state index contributed by atoms with van der Waals surface area (Å²) in [7, 11) is 0. The van der Waals surface area contributed by atoms with E-state index in [1.165, 1.54) is 19.1 Å². The van der Waals surface area contributed by atoms with Crippen LogP contribution in [0.15, 0.2) is 63.5 Å². The van der Waals surface area contributed by atoms with Crippen molar-refractivity contribution < 1.29 is 72.4 Å². The Bertz CT molecular complexity index is 3570. The zero-order valence-electron chi connectivity index (χ0n) is 57.2. The summed E-state index contributed by atoms with van der Waals surface area (Å²) in [6.07, 6.45) is 15.2. The van der Waals surface area contributed by atoms with Gasteiger partial charge >= 0.3 is 5.97 Å². The number of aliphatic hydroxyl groups excluding tert-OH is 3. The molecule has 7 fully saturated rings. The van der Waals surface area contributed by atoms with Gasteiger partial charge in [0.2, 0.25) is 5.79 Å². The van der Waals surface area contributed by atoms with E-state index >= 15 is 0 Å². The van der Waals surface area contributed by atoms with Crippen LogP contribution in [0.25, 0.3) is 11.0 Å². The van der Waals surface area contributed by atoms with Gasteiger partial charge in [-0.15, -0.1) is 0 Å². The second-order valence-electron chi connectivity index (χ2n) is 29.3. The Hall–Kier alpha value is -3.33. The predicted molar refractivity (Wildman–Crippen MR) is 376 cm³/mol. The van der Waals surface area contributed by atoms with Gasteiger partial charge < -0.3 is 68.1 Å². The summed E-state index contributed by atoms with van der Waals surface area (Å²) in [5.74, 6) is -2.84. The lowest BCUT2D eigenvalue weighted by atomic mass is 9.79. The van der Waals surface area contributed by atoms with Crippen LogP contribution in [-0.4, -0.2) is 161 Å². The molecule has 19 nitrogen and oxygen atoms in total. The van der Waals surface area contributed by atoms with Gasteiger partial charge in [-0.1, -0.05) is 120 Å². The molecule has 5 N–H and O–H groups in total. The number of piperidine rings is 1. The Morgan fingerprint density at radius 1 is 0.859 bits per heavy atom. The number of likely N-dealkylation sites (tertiary alicyclic amines) is 1. The molecule has 17 atom stereocenters. The number of nitrogens with zero attached hydrogens (tertiary/aromatic N) is 4. The molecule has 0 radical (unpaired) electrons. The van der Waals surface area contributed by atoms with Crippen LogP contribution in [-0.2, 0) is 57.3 Å². The summed E-state index contributed by atoms with van der Waals surface area (Å²) in [6.45, 7) is 20.1. The molecule has 4 aromatic rings. The number of ether oxygens (including phenoxy) is 7. The minimum Gasteiger partial charge on any atom is -0.479 e. The number of aliphatic carboxylic acids is 1. The lowest BCUT2D eigenvalue weighted by Crippen LogP contribution is -2.60. The molecule has 2 aromatic heterocycles. The molecule has 0 amide bonds. The number of carbonyl (C=O) groups is 1. The Kier molecular flexibility index (Phi) is 25.0. The van der Waals surface area contributed by atoms with Crippen LogP contribution in [0.4, 0.5) is 4.39 Å². The molecule has 0 bridgehead atoms. The topological polar surface area (TPSA) is 247 Å². The fourth-order valence-electron chi connectivity index (χ4n) is 16.1. The van der Waals surface area contributed by atoms with E-state index in [-0.39, 0.29) is 78.1 Å². The molecule has 11 heterocycles. The molecule has 0 saturated carbocycles. The van der Waals surface area contributed by atoms with E-state index in [1.54, 1.807) is 12.1 Å². The van der Waals surface area contributed by atoms with Crippen molar-refractivity contribution in [2.45, 2.75) is 266 Å². The quantitative estimate of drug-likeness (QED) is 0.0447. The van der Waals surface area contributed by atoms with Crippen molar-refractivity contribution in [2.24, 2.45) is 17.8 Å². The highest BCUT2D eigenvalue weighted by Gasteiger charge is 2.55. The van der Waals surface area contributed by atoms with E-state index < -0.39 is 71.7 Å². The largest absolute Gasteiger partial charge is 0.479 e. The lowest BCUT2D eigenvalue weighted by Gasteiger charge is -2.50. The average Bonchev–Trinajstić information content (AvgIpc) is 1.75. The molecule has 7 saturated heterocycles. The van der Waals surface area contributed by atoms with Crippen LogP contribution >= 0.6 is 69.6 Å². The Labute approximate surface area is 608 Å². The minimum atomic E-state index is -1.96. The first-order chi connectivity index (χ1) is 47.0. The molecule has 0 unspecified atom stereocenters. The number of benzene rings is 2. The maximum atomic E-state index is 13.4. The number of carboxylic acids is 1. The molecule has 99 heavy (non-hydrogen) atoms. The average molecular weight is 1500 g/mol. The normalized spacial score (nSPS) is 32.9. The fraction of sp³-hybridized carbons (Fsp3) is 0.671. The number of halogens is 7. The van der Waals surface area contributed by atoms with Crippen LogP contribution in [0, 0.1) is 30.5 Å². The van der Waals surface area contributed by atoms with E-state index in [9.17, 15) is 39.5 Å². The van der Waals surface area contributed by atoms with Gasteiger partial charge in [0, 0.05) is 86.2 Å². The predicted octanol–water partition coefficient (Wildman–Crippen LogP) is 14.4. The summed E-state index contributed by atoms with van der Waals surface area (Å²) in [6, 6.07) is 4.63. The summed E-state index contributed by atoms with van der Waals surface area (Å²) in [5, 5.41) is 59.8. The standard InChI is InChI=1S/C44H68O13.C23H27FN4O2.C6Cl6/c1-25-21-34(55-44(23-25)35(46)12-11-31(54-44)24-41(6,50)40(48)49)26(2)9-10-30-14-18-43(53-30)19-15-33-39(57-43)36(47)29(5)38(52-33)32(45)22-28(4)37-27(3)13-17-42(56-37)16-7-8-20-51-42;1-15-18(23(29)28-10-3-2-4-21(28)25-15)9-13-27-11-7-16(8-12-27)22-19-6-5-17(24)14-20(19)30-26-22;7-1-2(8)4(10)6(12)5(11)3(1)9/h9-10,23,26-28,30-39,45-47,50H,5,7-8,11-22,24H2,1-4,6H3,(H,48,49);5-6,14,16H,2-4,7-13H2,1H3;/b10-9+;;/t26-,27-,28+,30+,31+,32+,33-,34+,35-,36-,37+,38+,39-,41-,42+,43-,44-;;/m1../s1. The first-order valence-corrected chi connectivity index (χ1v) is 37.5. The monoisotopic (exact) mass is 1500 g/mol. The Morgan fingerprint density at radius 3 is 2.24 bits per heavy atom. The summed E-state index contributed by atoms with van der Waals surface area (Å²) in [4.78, 5) is 31.6. The van der Waals surface area contributed by atoms with E-state index in [2.05, 4.69) is 36.6 Å². The number of carboxylic acid groups (broad SMARTS) is 1. The van der Waals surface area contributed by atoms with Gasteiger partial charge in [0.05, 0.1) is 79.1 Å². The lowest BCUT2D eigenvalue weighted by molar-refractivity contribution is -0.321. The van der Waals surface area contributed by atoms with Gasteiger partial charge in [0.25, 0.3) is 5.56 Å². The highest BCUT2D eigenvalue weighted by atomic mass is 35.5. The highest BCUT2D eigenvalue weighted by Crippen LogP contribution is 2.50. The number of fused-ring (bicyclic) bond motifs is 3. The van der Waals surface area contributed by atoms with Gasteiger partial charge in [-0.3, -0.25) is 9.36 Å². The Morgan fingerprint density at radius 2 is 1.56 bits per heavy atom. The van der Waals surface area contributed by atoms with Gasteiger partial charge in [-0.25, -0.2) is 14.2 Å². The van der Waals surface area contributed by atoms with Gasteiger partial charge in [-0.05, 0) is 159 Å². The first-order valence-electron chi connectivity index (χ1n) is 35.3. The summed E-state index contributed by atoms with van der Waals surface area (Å²) < 4.78 is 65.8. The summed E-state index contributed by atoms with van der Waals surface area (Å²) >= 11 is 34.0. The number of rotatable bonds is 14. The molecule has 3 spiro atoms. The molecule has 13 rings (SSSR count). The molecule has 9 aliphatic rings. The number of aliphatic hydroxyl groups is 4. The molecule has 546 valence electrons. The molecular formula is C73H95Cl6FN4O15. The van der Waals surface area contributed by atoms with Crippen LogP contribution in [0.3, 0.4) is 0 Å². The third-order valence-corrected chi connectivity index (χ3v) is 24.7. The van der Waals surface area contributed by atoms with Gasteiger partial charge in [0.1, 0.15) is 36.1 Å². The highest BCUT2D eigenvalue weighted by molar-refractivity contribution is 6.59. The number of hydrogen-bond acceptors (Lipinski definition) is 17. The zero-order chi connectivity index (χ0) is 71.0. The molecule has 0 aliphatic carbocycles. The molecule has 9 aliphatic heterocycles. The van der Waals surface area contributed by atoms with Crippen LogP contribution in [0.1, 0.15) is 179 Å². The third kappa shape index (κ3) is 17.2. The van der Waals surface area contributed by atoms with Crippen molar-refractivity contribution in [2.75, 3.05) is 26.2 Å². The maximum Gasteiger partial charge on any atom is 0.335 e. The zero-order valence-corrected chi connectivity index (χ0v) is 61.7. The SMILES string of the molecule is C=C1[C@@H](O)[C@@H]2O[C@]3(CC[C@H](/C=C/[C@@H](C)[C@@H]4CC(C)=C[C@@]5(O[C@H](C[C@@](C)(O)C(=O)O)CC[C@H]5O)O4)O3)CC[C@H]2O[C@@H]1[C@@H](O)C[C@H](C)[C@H]1O[C@@]2(CCCCO2)CC[C@H]1C.Cc1nc2n(c(=O)c1CCN1CCC(c3noc4cc(F)ccc34)CC1)CCCC2.Clc1c(Cl)c(Cl)c(Cl)c(Cl)c1Cl. The van der Waals surface area contributed by atoms with E-state index in [1.807, 2.05) is 31.4 Å². The Balaban J connectivity index is 0.000000194. The molecule has 26 heteroatoms. The summed E-state index contributed by atoms with van der Waals surface area (Å²) in [5.41, 5.74) is 2.83. The van der Waals surface area contributed by atoms with Gasteiger partial charge in [0.15, 0.2) is 22.8 Å². The van der Waals surface area contributed by atoms with Crippen LogP contribution < -0.4 is 5.56 Å². The van der Waals surface area contributed by atoms with Crippen molar-refractivity contribution in [1.29, 1.82) is 0 Å². The van der Waals surface area contributed by atoms with Crippen molar-refractivity contribution >= 4 is 86.5 Å². The van der Waals surface area contributed by atoms with Crippen LogP contribution in [0.2, 0.25) is 30.1 Å². The van der Waals surface area contributed by atoms with Crippen molar-refractivity contribution in [3.63, 3.8) is 0 Å². The molecule has 2 aromatic carbocycles. The van der Waals surface area contributed by atoms with Crippen molar-refractivity contribution in [1.82, 2.24) is 19.6 Å². The second kappa shape index (κ2) is 32.2. The maximum absolute atomic E-state index is 13.4. The van der Waals surface area contributed by atoms with Crippen molar-refractivity contribution in [3.05, 3.63) is 123 Å². The van der Waals surface area contributed by atoms with E-state index in [0.717, 1.165) is 144 Å². The van der Waals surface area contributed by atoms with E-state index in [4.69, 9.17) is 112 Å². The fourth-order valence-corrected chi connectivity index (χ4v) is 17.5. The first kappa shape index (κ1) is 76.8. The molecular weight excluding hydrogens is 1400 g/mol.